The van der Waals surface area contributed by atoms with Crippen LogP contribution in [0.5, 0.6) is 11.5 Å². The maximum absolute atomic E-state index is 13.3. The summed E-state index contributed by atoms with van der Waals surface area (Å²) in [5.74, 6) is -1.94. The normalized spacial score (nSPS) is 14.3. The Bertz CT molecular complexity index is 1520. The molecule has 2 N–H and O–H groups in total. The number of rotatable bonds is 7. The van der Waals surface area contributed by atoms with E-state index >= 15 is 0 Å². The molecular formula is C27H20Cl3N3O6. The lowest BCUT2D eigenvalue weighted by Gasteiger charge is -2.27. The molecule has 0 aliphatic carbocycles. The molecular weight excluding hydrogens is 569 g/mol. The molecule has 1 aliphatic rings. The Kier molecular flexibility index (Phi) is 8.44. The Balaban J connectivity index is 1.57. The summed E-state index contributed by atoms with van der Waals surface area (Å²) < 4.78 is 10.9. The molecule has 9 nitrogen and oxygen atoms in total. The van der Waals surface area contributed by atoms with E-state index in [1.54, 1.807) is 49.4 Å². The number of hydrogen-bond donors (Lipinski definition) is 2. The van der Waals surface area contributed by atoms with Crippen LogP contribution in [0.2, 0.25) is 15.1 Å². The molecule has 0 bridgehead atoms. The quantitative estimate of drug-likeness (QED) is 0.272. The number of halogens is 3. The van der Waals surface area contributed by atoms with Gasteiger partial charge in [0.15, 0.2) is 18.1 Å². The zero-order chi connectivity index (χ0) is 28.3. The van der Waals surface area contributed by atoms with E-state index in [1.807, 2.05) is 0 Å². The van der Waals surface area contributed by atoms with Crippen molar-refractivity contribution in [3.8, 4) is 11.5 Å². The van der Waals surface area contributed by atoms with E-state index in [0.29, 0.717) is 26.9 Å². The molecule has 3 aromatic rings. The summed E-state index contributed by atoms with van der Waals surface area (Å²) in [6, 6.07) is 13.3. The van der Waals surface area contributed by atoms with Gasteiger partial charge >= 0.3 is 6.03 Å². The van der Waals surface area contributed by atoms with Crippen molar-refractivity contribution in [2.45, 2.75) is 6.92 Å². The van der Waals surface area contributed by atoms with Crippen LogP contribution in [0.1, 0.15) is 11.1 Å². The van der Waals surface area contributed by atoms with Crippen LogP contribution < -0.4 is 25.0 Å². The average molecular weight is 589 g/mol. The maximum atomic E-state index is 13.3. The molecule has 200 valence electrons. The molecule has 12 heteroatoms. The van der Waals surface area contributed by atoms with Gasteiger partial charge in [-0.1, -0.05) is 40.9 Å². The maximum Gasteiger partial charge on any atom is 0.335 e. The van der Waals surface area contributed by atoms with Crippen LogP contribution in [0.15, 0.2) is 60.2 Å². The van der Waals surface area contributed by atoms with E-state index < -0.39 is 23.8 Å². The molecule has 1 fully saturated rings. The fraction of sp³-hybridized carbons (Fsp3) is 0.111. The van der Waals surface area contributed by atoms with E-state index in [2.05, 4.69) is 10.6 Å². The SMILES string of the molecule is COc1cc(/C=C2\C(=O)NC(=O)N(c3cccc(Cl)c3C)C2=O)cc(Cl)c1OCC(=O)Nc1ccc(Cl)cc1. The first-order chi connectivity index (χ1) is 18.6. The number of imide groups is 2. The number of ether oxygens (including phenoxy) is 2. The zero-order valence-electron chi connectivity index (χ0n) is 20.5. The second-order valence-electron chi connectivity index (χ2n) is 8.22. The first kappa shape index (κ1) is 28.0. The number of anilines is 2. The van der Waals surface area contributed by atoms with Gasteiger partial charge < -0.3 is 14.8 Å². The van der Waals surface area contributed by atoms with Gasteiger partial charge in [-0.2, -0.15) is 0 Å². The van der Waals surface area contributed by atoms with Gasteiger partial charge in [0.05, 0.1) is 17.8 Å². The van der Waals surface area contributed by atoms with E-state index in [0.717, 1.165) is 4.90 Å². The van der Waals surface area contributed by atoms with E-state index in [4.69, 9.17) is 44.3 Å². The molecule has 1 aliphatic heterocycles. The van der Waals surface area contributed by atoms with Crippen molar-refractivity contribution in [3.63, 3.8) is 0 Å². The van der Waals surface area contributed by atoms with Gasteiger partial charge in [0.1, 0.15) is 5.57 Å². The van der Waals surface area contributed by atoms with Gasteiger partial charge in [-0.25, -0.2) is 9.69 Å². The van der Waals surface area contributed by atoms with E-state index in [9.17, 15) is 19.2 Å². The lowest BCUT2D eigenvalue weighted by molar-refractivity contribution is -0.122. The van der Waals surface area contributed by atoms with Crippen LogP contribution in [-0.4, -0.2) is 37.5 Å². The summed E-state index contributed by atoms with van der Waals surface area (Å²) in [5.41, 5.74) is 1.25. The van der Waals surface area contributed by atoms with Crippen LogP contribution in [0.4, 0.5) is 16.2 Å². The van der Waals surface area contributed by atoms with Crippen molar-refractivity contribution >= 4 is 76.0 Å². The number of barbiturate groups is 1. The Hall–Kier alpha value is -4.05. The lowest BCUT2D eigenvalue weighted by Crippen LogP contribution is -2.54. The van der Waals surface area contributed by atoms with Crippen molar-refractivity contribution < 1.29 is 28.7 Å². The highest BCUT2D eigenvalue weighted by atomic mass is 35.5. The minimum absolute atomic E-state index is 0.0581. The number of carbonyl (C=O) groups excluding carboxylic acids is 4. The second kappa shape index (κ2) is 11.8. The Morgan fingerprint density at radius 3 is 2.44 bits per heavy atom. The summed E-state index contributed by atoms with van der Waals surface area (Å²) in [6.45, 7) is 1.27. The number of benzene rings is 3. The Morgan fingerprint density at radius 2 is 1.74 bits per heavy atom. The number of nitrogens with one attached hydrogen (secondary N) is 2. The van der Waals surface area contributed by atoms with Gasteiger partial charge in [-0.05, 0) is 72.7 Å². The molecule has 0 spiro atoms. The van der Waals surface area contributed by atoms with Gasteiger partial charge in [0.2, 0.25) is 0 Å². The number of amides is 5. The minimum atomic E-state index is -0.899. The molecule has 0 saturated carbocycles. The number of urea groups is 1. The zero-order valence-corrected chi connectivity index (χ0v) is 22.8. The second-order valence-corrected chi connectivity index (χ2v) is 9.47. The number of methoxy groups -OCH3 is 1. The first-order valence-electron chi connectivity index (χ1n) is 11.3. The molecule has 0 atom stereocenters. The summed E-state index contributed by atoms with van der Waals surface area (Å²) in [5, 5.41) is 5.76. The van der Waals surface area contributed by atoms with Gasteiger partial charge in [0.25, 0.3) is 17.7 Å². The minimum Gasteiger partial charge on any atom is -0.493 e. The van der Waals surface area contributed by atoms with E-state index in [-0.39, 0.29) is 34.4 Å². The van der Waals surface area contributed by atoms with Crippen LogP contribution >= 0.6 is 34.8 Å². The Morgan fingerprint density at radius 1 is 1.03 bits per heavy atom. The largest absolute Gasteiger partial charge is 0.493 e. The summed E-state index contributed by atoms with van der Waals surface area (Å²) >= 11 is 18.4. The fourth-order valence-corrected chi connectivity index (χ4v) is 4.28. The Labute approximate surface area is 238 Å². The number of carbonyl (C=O) groups is 4. The highest BCUT2D eigenvalue weighted by Crippen LogP contribution is 2.37. The van der Waals surface area contributed by atoms with Crippen LogP contribution in [0.25, 0.3) is 6.08 Å². The number of hydrogen-bond acceptors (Lipinski definition) is 6. The smallest absolute Gasteiger partial charge is 0.335 e. The molecule has 1 saturated heterocycles. The lowest BCUT2D eigenvalue weighted by atomic mass is 10.1. The predicted molar refractivity (Wildman–Crippen MR) is 149 cm³/mol. The van der Waals surface area contributed by atoms with E-state index in [1.165, 1.54) is 25.3 Å². The van der Waals surface area contributed by atoms with Gasteiger partial charge in [0, 0.05) is 15.7 Å². The average Bonchev–Trinajstić information content (AvgIpc) is 2.89. The van der Waals surface area contributed by atoms with Crippen molar-refractivity contribution in [1.82, 2.24) is 5.32 Å². The monoisotopic (exact) mass is 587 g/mol. The third-order valence-corrected chi connectivity index (χ3v) is 6.56. The third kappa shape index (κ3) is 6.17. The number of nitrogens with zero attached hydrogens (tertiary/aromatic N) is 1. The fourth-order valence-electron chi connectivity index (χ4n) is 3.71. The van der Waals surface area contributed by atoms with Crippen molar-refractivity contribution in [2.24, 2.45) is 0 Å². The molecule has 5 amide bonds. The van der Waals surface area contributed by atoms with Crippen molar-refractivity contribution in [1.29, 1.82) is 0 Å². The third-order valence-electron chi connectivity index (χ3n) is 5.62. The summed E-state index contributed by atoms with van der Waals surface area (Å²) in [4.78, 5) is 51.5. The van der Waals surface area contributed by atoms with Crippen molar-refractivity contribution in [3.05, 3.63) is 86.4 Å². The van der Waals surface area contributed by atoms with Crippen LogP contribution in [0.3, 0.4) is 0 Å². The molecule has 3 aromatic carbocycles. The summed E-state index contributed by atoms with van der Waals surface area (Å²) in [6.07, 6.45) is 1.27. The first-order valence-corrected chi connectivity index (χ1v) is 12.4. The van der Waals surface area contributed by atoms with Gasteiger partial charge in [-0.3, -0.25) is 19.7 Å². The highest BCUT2D eigenvalue weighted by Gasteiger charge is 2.37. The van der Waals surface area contributed by atoms with Crippen LogP contribution in [0, 0.1) is 6.92 Å². The molecule has 0 unspecified atom stereocenters. The molecule has 0 radical (unpaired) electrons. The highest BCUT2D eigenvalue weighted by molar-refractivity contribution is 6.40. The van der Waals surface area contributed by atoms with Crippen molar-refractivity contribution in [2.75, 3.05) is 23.9 Å². The molecule has 1 heterocycles. The standard InChI is InChI=1S/C27H20Cl3N3O6/c1-14-19(29)4-3-5-21(14)33-26(36)18(25(35)32-27(33)37)10-15-11-20(30)24(22(12-15)38-2)39-13-23(34)31-17-8-6-16(28)7-9-17/h3-12H,13H2,1-2H3,(H,31,34)(H,32,35,37)/b18-10+. The topological polar surface area (TPSA) is 114 Å². The molecule has 0 aromatic heterocycles. The van der Waals surface area contributed by atoms with Gasteiger partial charge in [-0.15, -0.1) is 0 Å². The molecule has 4 rings (SSSR count). The predicted octanol–water partition coefficient (Wildman–Crippen LogP) is 5.65. The molecule has 39 heavy (non-hydrogen) atoms. The summed E-state index contributed by atoms with van der Waals surface area (Å²) in [7, 11) is 1.37. The van der Waals surface area contributed by atoms with Crippen LogP contribution in [-0.2, 0) is 14.4 Å².